The number of carbonyl (C=O) groups is 2. The number of hydrogen-bond acceptors (Lipinski definition) is 8. The van der Waals surface area contributed by atoms with E-state index in [2.05, 4.69) is 41.3 Å². The van der Waals surface area contributed by atoms with Crippen molar-refractivity contribution in [2.75, 3.05) is 14.2 Å². The van der Waals surface area contributed by atoms with E-state index in [0.29, 0.717) is 44.8 Å². The Morgan fingerprint density at radius 1 is 0.848 bits per heavy atom. The monoisotopic (exact) mass is 742 g/mol. The Bertz CT molecular complexity index is 1710. The maximum absolute atomic E-state index is 15.4. The van der Waals surface area contributed by atoms with Crippen molar-refractivity contribution >= 4 is 52.5 Å². The molecule has 18 heteroatoms. The van der Waals surface area contributed by atoms with E-state index in [1.54, 1.807) is 36.3 Å². The largest absolute Gasteiger partial charge is 2.00 e. The number of amides is 2. The van der Waals surface area contributed by atoms with Gasteiger partial charge < -0.3 is 40.5 Å². The van der Waals surface area contributed by atoms with Gasteiger partial charge in [-0.1, -0.05) is 31.5 Å². The summed E-state index contributed by atoms with van der Waals surface area (Å²) in [5, 5.41) is 0. The Kier molecular flexibility index (Phi) is 18.0. The van der Waals surface area contributed by atoms with E-state index < -0.39 is 18.1 Å². The van der Waals surface area contributed by atoms with Gasteiger partial charge in [0.2, 0.25) is 12.2 Å². The summed E-state index contributed by atoms with van der Waals surface area (Å²) in [7, 11) is 1.86. The van der Waals surface area contributed by atoms with Gasteiger partial charge in [0.1, 0.15) is 5.69 Å². The van der Waals surface area contributed by atoms with Gasteiger partial charge in [0.25, 0.3) is 5.92 Å². The van der Waals surface area contributed by atoms with Gasteiger partial charge in [-0.05, 0) is 35.2 Å². The van der Waals surface area contributed by atoms with Crippen LogP contribution in [0.15, 0.2) is 48.8 Å². The van der Waals surface area contributed by atoms with Gasteiger partial charge in [0.15, 0.2) is 0 Å². The molecule has 0 spiro atoms. The third-order valence-electron chi connectivity index (χ3n) is 5.52. The molecule has 46 heavy (non-hydrogen) atoms. The van der Waals surface area contributed by atoms with Crippen molar-refractivity contribution in [1.82, 2.24) is 19.9 Å². The minimum Gasteiger partial charge on any atom is -0.632 e. The SMILES string of the molecule is C.COC([NH-])=O.COC([NH-])=O.O=[C-]Pc1ncc(C#Cc2ccc3c(c2)C(F)(F)c2cc(-c4cnc(P[C-]=O)[nH]4)ccc2-3)[nH]1.[V+2].[V+2]. The van der Waals surface area contributed by atoms with Crippen molar-refractivity contribution in [3.8, 4) is 34.2 Å². The Labute approximate surface area is 290 Å². The average molecular weight is 742 g/mol. The maximum atomic E-state index is 15.4. The van der Waals surface area contributed by atoms with Gasteiger partial charge in [-0.2, -0.15) is 25.9 Å². The predicted molar refractivity (Wildman–Crippen MR) is 164 cm³/mol. The average Bonchev–Trinajstić information content (AvgIpc) is 3.70. The number of aromatic amines is 2. The fourth-order valence-corrected chi connectivity index (χ4v) is 4.53. The van der Waals surface area contributed by atoms with Crippen LogP contribution in [-0.2, 0) is 62.1 Å². The summed E-state index contributed by atoms with van der Waals surface area (Å²) in [6.07, 6.45) is 1.01. The molecule has 0 saturated heterocycles. The maximum Gasteiger partial charge on any atom is 2.00 e. The van der Waals surface area contributed by atoms with Crippen LogP contribution < -0.4 is 11.1 Å². The number of rotatable bonds is 5. The van der Waals surface area contributed by atoms with Gasteiger partial charge in [-0.15, -0.1) is 0 Å². The van der Waals surface area contributed by atoms with E-state index in [4.69, 9.17) is 11.5 Å². The number of hydrogen-bond donors (Lipinski definition) is 2. The quantitative estimate of drug-likeness (QED) is 0.156. The minimum absolute atomic E-state index is 0. The van der Waals surface area contributed by atoms with Crippen molar-refractivity contribution < 1.29 is 74.5 Å². The van der Waals surface area contributed by atoms with Gasteiger partial charge in [0, 0.05) is 22.3 Å². The van der Waals surface area contributed by atoms with E-state index in [0.717, 1.165) is 14.2 Å². The third kappa shape index (κ3) is 10.9. The number of halogens is 2. The molecule has 12 nitrogen and oxygen atoms in total. The van der Waals surface area contributed by atoms with E-state index >= 15 is 8.78 Å². The van der Waals surface area contributed by atoms with Gasteiger partial charge >= 0.3 is 37.1 Å². The molecule has 5 rings (SSSR count). The number of nitrogens with one attached hydrogen (secondary N) is 4. The van der Waals surface area contributed by atoms with Crippen LogP contribution in [0.25, 0.3) is 33.9 Å². The van der Waals surface area contributed by atoms with Gasteiger partial charge in [-0.3, -0.25) is 9.59 Å². The van der Waals surface area contributed by atoms with Crippen molar-refractivity contribution in [3.63, 3.8) is 0 Å². The van der Waals surface area contributed by atoms with Crippen LogP contribution in [0.4, 0.5) is 18.4 Å². The molecule has 0 saturated carbocycles. The van der Waals surface area contributed by atoms with E-state index in [9.17, 15) is 19.2 Å². The van der Waals surface area contributed by atoms with Crippen LogP contribution in [0.3, 0.4) is 0 Å². The molecule has 2 unspecified atom stereocenters. The molecule has 0 bridgehead atoms. The number of fused-ring (bicyclic) bond motifs is 3. The van der Waals surface area contributed by atoms with Gasteiger partial charge in [-0.25, -0.2) is 22.0 Å². The molecule has 4 aromatic rings. The first kappa shape index (κ1) is 42.2. The number of aromatic nitrogens is 4. The molecule has 0 fully saturated rings. The molecule has 4 N–H and O–H groups in total. The summed E-state index contributed by atoms with van der Waals surface area (Å²) in [5.74, 6) is 2.52. The van der Waals surface area contributed by atoms with E-state index in [-0.39, 0.29) is 72.8 Å². The number of alkyl halides is 2. The zero-order chi connectivity index (χ0) is 31.6. The Hall–Kier alpha value is -3.81. The summed E-state index contributed by atoms with van der Waals surface area (Å²) in [6, 6.07) is 13.2. The van der Waals surface area contributed by atoms with Crippen LogP contribution in [0.1, 0.15) is 29.8 Å². The number of ether oxygens (including phenoxy) is 2. The van der Waals surface area contributed by atoms with Crippen LogP contribution in [0, 0.1) is 11.8 Å². The first-order valence-corrected chi connectivity index (χ1v) is 13.7. The van der Waals surface area contributed by atoms with Crippen molar-refractivity contribution in [1.29, 1.82) is 0 Å². The minimum atomic E-state index is -3.19. The Balaban J connectivity index is 0.00000137. The number of methoxy groups -OCH3 is 2. The predicted octanol–water partition coefficient (Wildman–Crippen LogP) is 5.30. The molecule has 2 heterocycles. The van der Waals surface area contributed by atoms with Crippen LogP contribution in [-0.4, -0.2) is 58.4 Å². The summed E-state index contributed by atoms with van der Waals surface area (Å²) >= 11 is 0. The number of carbonyl (C=O) groups excluding carboxylic acids is 4. The second-order valence-corrected chi connectivity index (χ2v) is 9.93. The zero-order valence-corrected chi connectivity index (χ0v) is 27.9. The van der Waals surface area contributed by atoms with Crippen molar-refractivity contribution in [2.24, 2.45) is 0 Å². The summed E-state index contributed by atoms with van der Waals surface area (Å²) < 4.78 is 38.4. The second kappa shape index (κ2) is 19.6. The fraction of sp³-hybridized carbons (Fsp3) is 0.143. The number of nitrogens with zero attached hydrogens (tertiary/aromatic N) is 2. The first-order valence-electron chi connectivity index (χ1n) is 11.7. The summed E-state index contributed by atoms with van der Waals surface area (Å²) in [4.78, 5) is 53.5. The van der Waals surface area contributed by atoms with Gasteiger partial charge in [0.05, 0.1) is 43.4 Å². The summed E-state index contributed by atoms with van der Waals surface area (Å²) in [5.41, 5.74) is 15.6. The van der Waals surface area contributed by atoms with E-state index in [1.807, 2.05) is 0 Å². The topological polar surface area (TPSA) is 192 Å². The summed E-state index contributed by atoms with van der Waals surface area (Å²) in [6.45, 7) is 0. The zero-order valence-electron chi connectivity index (χ0n) is 23.1. The van der Waals surface area contributed by atoms with Crippen molar-refractivity contribution in [3.05, 3.63) is 82.6 Å². The molecular formula is C28H24F2N6O6P2V2. The molecule has 236 valence electrons. The molecule has 1 aliphatic rings. The molecule has 2 amide bonds. The van der Waals surface area contributed by atoms with Crippen LogP contribution >= 0.6 is 17.2 Å². The molecule has 2 aromatic carbocycles. The van der Waals surface area contributed by atoms with Crippen LogP contribution in [0.5, 0.6) is 0 Å². The molecule has 2 atom stereocenters. The number of benzene rings is 2. The third-order valence-corrected chi connectivity index (χ3v) is 6.71. The second-order valence-electron chi connectivity index (χ2n) is 8.07. The Morgan fingerprint density at radius 2 is 1.35 bits per heavy atom. The fourth-order valence-electron chi connectivity index (χ4n) is 3.68. The molecule has 0 aliphatic heterocycles. The number of H-pyrrole nitrogens is 2. The van der Waals surface area contributed by atoms with Crippen molar-refractivity contribution in [2.45, 2.75) is 13.3 Å². The van der Waals surface area contributed by atoms with E-state index in [1.165, 1.54) is 24.5 Å². The molecule has 2 aromatic heterocycles. The van der Waals surface area contributed by atoms with Crippen LogP contribution in [0.2, 0.25) is 0 Å². The first-order chi connectivity index (χ1) is 20.5. The Morgan fingerprint density at radius 3 is 1.89 bits per heavy atom. The normalized spacial score (nSPS) is 11.3. The standard InChI is InChI=1S/C23H12F2N4O2P2.2C2H5NO2.CH4.2V/c24-23(25)18-7-13(1-4-15-9-26-21(28-15)32-11-30)2-5-16(18)17-6-3-14(8-19(17)23)20-10-27-22(29-20)33-12-31;2*1-5-2(3)4;;;/h2-3,5-10,32-33H,(H,26,28)(H,27,29);2*1H3,(H2,3,4);1H4;;/q-2;;;;2*+2/p-2. The molecule has 2 radical (unpaired) electrons. The smallest absolute Gasteiger partial charge is 0.632 e. The molecular weight excluding hydrogens is 718 g/mol. The molecule has 1 aliphatic carbocycles. The number of imidazole rings is 2.